The molecule has 1 N–H and O–H groups in total. The van der Waals surface area contributed by atoms with Crippen LogP contribution in [0.2, 0.25) is 0 Å². The molecule has 0 aromatic carbocycles. The maximum absolute atomic E-state index is 11.9. The zero-order valence-electron chi connectivity index (χ0n) is 41.5. The summed E-state index contributed by atoms with van der Waals surface area (Å²) in [6, 6.07) is 0. The first-order valence-corrected chi connectivity index (χ1v) is 28.0. The summed E-state index contributed by atoms with van der Waals surface area (Å²) in [5, 5.41) is 8.69. The normalized spacial score (nSPS) is 11.3. The SMILES string of the molecule is CCCCCCCCCCCCCCCCCCCCO.CCCCCCCCCCCCCCCCCCOC(=O)CCCCCCCCCCCCCCCCC. The molecule has 0 aliphatic rings. The summed E-state index contributed by atoms with van der Waals surface area (Å²) in [4.78, 5) is 11.9. The van der Waals surface area contributed by atoms with Gasteiger partial charge < -0.3 is 9.84 Å². The molecule has 0 aliphatic carbocycles. The largest absolute Gasteiger partial charge is 0.466 e. The number of carbonyl (C=O) groups excluding carboxylic acids is 1. The number of esters is 1. The van der Waals surface area contributed by atoms with Crippen LogP contribution >= 0.6 is 0 Å². The smallest absolute Gasteiger partial charge is 0.305 e. The Labute approximate surface area is 374 Å². The van der Waals surface area contributed by atoms with E-state index in [4.69, 9.17) is 9.84 Å². The lowest BCUT2D eigenvalue weighted by Crippen LogP contribution is -2.05. The molecule has 0 aromatic heterocycles. The van der Waals surface area contributed by atoms with Gasteiger partial charge in [0.25, 0.3) is 0 Å². The number of hydrogen-bond donors (Lipinski definition) is 1. The van der Waals surface area contributed by atoms with Crippen molar-refractivity contribution in [1.29, 1.82) is 0 Å². The Balaban J connectivity index is 0. The lowest BCUT2D eigenvalue weighted by Gasteiger charge is -2.06. The molecule has 0 bridgehead atoms. The highest BCUT2D eigenvalue weighted by molar-refractivity contribution is 5.69. The van der Waals surface area contributed by atoms with Gasteiger partial charge in [-0.1, -0.05) is 316 Å². The van der Waals surface area contributed by atoms with E-state index in [9.17, 15) is 4.79 Å². The van der Waals surface area contributed by atoms with Gasteiger partial charge in [-0.3, -0.25) is 4.79 Å². The molecular weight excluding hydrogens is 721 g/mol. The standard InChI is InChI=1S/C36H72O2.C20H42O/c1-3-5-7-9-11-13-15-17-19-21-23-25-27-29-31-33-35-38-36(37)34-32-30-28-26-24-22-20-18-16-14-12-10-8-6-4-2;1-2-3-4-5-6-7-8-9-10-11-12-13-14-15-16-17-18-19-20-21/h3-35H2,1-2H3;21H,2-20H2,1H3. The molecule has 0 spiro atoms. The number of aliphatic hydroxyl groups excluding tert-OH is 1. The van der Waals surface area contributed by atoms with Crippen molar-refractivity contribution in [3.63, 3.8) is 0 Å². The van der Waals surface area contributed by atoms with Crippen molar-refractivity contribution in [3.05, 3.63) is 0 Å². The summed E-state index contributed by atoms with van der Waals surface area (Å²) in [5.41, 5.74) is 0. The zero-order chi connectivity index (χ0) is 43.1. The Hall–Kier alpha value is -0.570. The zero-order valence-corrected chi connectivity index (χ0v) is 41.5. The van der Waals surface area contributed by atoms with Crippen molar-refractivity contribution < 1.29 is 14.6 Å². The van der Waals surface area contributed by atoms with Crippen LogP contribution in [0.25, 0.3) is 0 Å². The van der Waals surface area contributed by atoms with Gasteiger partial charge in [0.15, 0.2) is 0 Å². The first kappa shape index (κ1) is 60.5. The van der Waals surface area contributed by atoms with E-state index in [0.717, 1.165) is 19.3 Å². The second-order valence-electron chi connectivity index (χ2n) is 19.0. The Kier molecular flexibility index (Phi) is 61.1. The molecule has 0 rings (SSSR count). The maximum atomic E-state index is 11.9. The molecule has 0 radical (unpaired) electrons. The first-order valence-electron chi connectivity index (χ1n) is 28.0. The van der Waals surface area contributed by atoms with Crippen LogP contribution in [0.1, 0.15) is 342 Å². The topological polar surface area (TPSA) is 46.5 Å². The first-order chi connectivity index (χ1) is 29.2. The number of aliphatic hydroxyl groups is 1. The van der Waals surface area contributed by atoms with Crippen LogP contribution in [-0.2, 0) is 9.53 Å². The van der Waals surface area contributed by atoms with Crippen LogP contribution in [0.15, 0.2) is 0 Å². The van der Waals surface area contributed by atoms with Gasteiger partial charge in [0.1, 0.15) is 0 Å². The van der Waals surface area contributed by atoms with Gasteiger partial charge in [0.05, 0.1) is 6.61 Å². The van der Waals surface area contributed by atoms with Crippen LogP contribution in [0.4, 0.5) is 0 Å². The average molecular weight is 836 g/mol. The van der Waals surface area contributed by atoms with Gasteiger partial charge in [0, 0.05) is 13.0 Å². The Morgan fingerprint density at radius 1 is 0.271 bits per heavy atom. The predicted molar refractivity (Wildman–Crippen MR) is 266 cm³/mol. The highest BCUT2D eigenvalue weighted by Crippen LogP contribution is 2.17. The van der Waals surface area contributed by atoms with Crippen molar-refractivity contribution in [2.45, 2.75) is 342 Å². The summed E-state index contributed by atoms with van der Waals surface area (Å²) < 4.78 is 5.44. The summed E-state index contributed by atoms with van der Waals surface area (Å²) >= 11 is 0. The fourth-order valence-electron chi connectivity index (χ4n) is 8.56. The van der Waals surface area contributed by atoms with Gasteiger partial charge in [-0.05, 0) is 19.3 Å². The van der Waals surface area contributed by atoms with Crippen molar-refractivity contribution in [2.24, 2.45) is 0 Å². The fraction of sp³-hybridized carbons (Fsp3) is 0.982. The van der Waals surface area contributed by atoms with Crippen molar-refractivity contribution in [1.82, 2.24) is 0 Å². The van der Waals surface area contributed by atoms with E-state index in [1.165, 1.54) is 295 Å². The minimum Gasteiger partial charge on any atom is -0.466 e. The van der Waals surface area contributed by atoms with Crippen molar-refractivity contribution in [3.8, 4) is 0 Å². The molecule has 3 nitrogen and oxygen atoms in total. The summed E-state index contributed by atoms with van der Waals surface area (Å²) in [5.74, 6) is 0.0284. The van der Waals surface area contributed by atoms with E-state index < -0.39 is 0 Å². The molecule has 0 atom stereocenters. The van der Waals surface area contributed by atoms with E-state index in [2.05, 4.69) is 20.8 Å². The molecule has 0 aliphatic heterocycles. The van der Waals surface area contributed by atoms with Crippen LogP contribution in [0, 0.1) is 0 Å². The second kappa shape index (κ2) is 59.5. The van der Waals surface area contributed by atoms with Gasteiger partial charge >= 0.3 is 5.97 Å². The van der Waals surface area contributed by atoms with Gasteiger partial charge in [-0.25, -0.2) is 0 Å². The Bertz CT molecular complexity index is 689. The third-order valence-electron chi connectivity index (χ3n) is 12.8. The van der Waals surface area contributed by atoms with Crippen molar-refractivity contribution in [2.75, 3.05) is 13.2 Å². The molecule has 59 heavy (non-hydrogen) atoms. The minimum absolute atomic E-state index is 0.0284. The number of unbranched alkanes of at least 4 members (excludes halogenated alkanes) is 46. The molecule has 0 saturated heterocycles. The molecule has 0 aromatic rings. The van der Waals surface area contributed by atoms with Gasteiger partial charge in [-0.2, -0.15) is 0 Å². The number of hydrogen-bond acceptors (Lipinski definition) is 3. The number of rotatable bonds is 51. The second-order valence-corrected chi connectivity index (χ2v) is 19.0. The monoisotopic (exact) mass is 835 g/mol. The highest BCUT2D eigenvalue weighted by Gasteiger charge is 2.03. The molecule has 0 unspecified atom stereocenters. The summed E-state index contributed by atoms with van der Waals surface area (Å²) in [7, 11) is 0. The van der Waals surface area contributed by atoms with E-state index in [0.29, 0.717) is 19.6 Å². The third kappa shape index (κ3) is 61.8. The van der Waals surface area contributed by atoms with Crippen molar-refractivity contribution >= 4 is 5.97 Å². The molecule has 0 heterocycles. The van der Waals surface area contributed by atoms with Crippen LogP contribution in [0.5, 0.6) is 0 Å². The molecule has 3 heteroatoms. The third-order valence-corrected chi connectivity index (χ3v) is 12.8. The fourth-order valence-corrected chi connectivity index (χ4v) is 8.56. The average Bonchev–Trinajstić information content (AvgIpc) is 3.24. The number of ether oxygens (including phenoxy) is 1. The maximum Gasteiger partial charge on any atom is 0.305 e. The highest BCUT2D eigenvalue weighted by atomic mass is 16.5. The molecule has 0 saturated carbocycles. The van der Waals surface area contributed by atoms with Crippen LogP contribution < -0.4 is 0 Å². The molecule has 356 valence electrons. The molecule has 0 amide bonds. The summed E-state index contributed by atoms with van der Waals surface area (Å²) in [6.45, 7) is 7.88. The lowest BCUT2D eigenvalue weighted by molar-refractivity contribution is -0.143. The van der Waals surface area contributed by atoms with Crippen LogP contribution in [0.3, 0.4) is 0 Å². The molecular formula is C56H114O3. The quantitative estimate of drug-likeness (QED) is 0.0490. The van der Waals surface area contributed by atoms with Crippen LogP contribution in [-0.4, -0.2) is 24.3 Å². The Morgan fingerprint density at radius 2 is 0.458 bits per heavy atom. The van der Waals surface area contributed by atoms with Gasteiger partial charge in [0.2, 0.25) is 0 Å². The summed E-state index contributed by atoms with van der Waals surface area (Å²) in [6.07, 6.45) is 68.2. The Morgan fingerprint density at radius 3 is 0.678 bits per heavy atom. The lowest BCUT2D eigenvalue weighted by atomic mass is 10.0. The predicted octanol–water partition coefficient (Wildman–Crippen LogP) is 20.1. The van der Waals surface area contributed by atoms with Gasteiger partial charge in [-0.15, -0.1) is 0 Å². The van der Waals surface area contributed by atoms with E-state index in [1.807, 2.05) is 0 Å². The molecule has 0 fully saturated rings. The van der Waals surface area contributed by atoms with E-state index in [-0.39, 0.29) is 5.97 Å². The number of carbonyl (C=O) groups is 1. The van der Waals surface area contributed by atoms with E-state index in [1.54, 1.807) is 0 Å². The minimum atomic E-state index is 0.0284. The van der Waals surface area contributed by atoms with E-state index >= 15 is 0 Å².